The lowest BCUT2D eigenvalue weighted by Gasteiger charge is -2.35. The predicted octanol–water partition coefficient (Wildman–Crippen LogP) is 4.35. The Hall–Kier alpha value is -0.710. The molecule has 1 saturated carbocycles. The third-order valence-corrected chi connectivity index (χ3v) is 5.83. The molecule has 106 valence electrons. The number of hydrogen-bond donors (Lipinski definition) is 0. The highest BCUT2D eigenvalue weighted by Crippen LogP contribution is 2.36. The van der Waals surface area contributed by atoms with Gasteiger partial charge in [-0.1, -0.05) is 30.9 Å². The Morgan fingerprint density at radius 1 is 1.15 bits per heavy atom. The maximum absolute atomic E-state index is 6.11. The van der Waals surface area contributed by atoms with E-state index in [2.05, 4.69) is 8.87 Å². The van der Waals surface area contributed by atoms with Gasteiger partial charge in [-0.05, 0) is 43.0 Å². The average Bonchev–Trinajstić information content (AvgIpc) is 2.85. The first-order chi connectivity index (χ1) is 9.81. The van der Waals surface area contributed by atoms with Crippen LogP contribution in [0.1, 0.15) is 32.1 Å². The van der Waals surface area contributed by atoms with Gasteiger partial charge in [-0.15, -0.1) is 0 Å². The second-order valence-electron chi connectivity index (χ2n) is 5.70. The predicted molar refractivity (Wildman–Crippen MR) is 84.2 cm³/mol. The van der Waals surface area contributed by atoms with E-state index in [1.807, 2.05) is 30.1 Å². The molecule has 0 bridgehead atoms. The van der Waals surface area contributed by atoms with Gasteiger partial charge in [0.25, 0.3) is 0 Å². The summed E-state index contributed by atoms with van der Waals surface area (Å²) in [6.45, 7) is 2.13. The van der Waals surface area contributed by atoms with E-state index in [-0.39, 0.29) is 0 Å². The maximum Gasteiger partial charge on any atom is 0.184 e. The fourth-order valence-electron chi connectivity index (χ4n) is 3.33. The quantitative estimate of drug-likeness (QED) is 0.731. The molecule has 0 spiro atoms. The van der Waals surface area contributed by atoms with Gasteiger partial charge < -0.3 is 4.57 Å². The minimum atomic E-state index is 0.742. The molecule has 1 aliphatic heterocycles. The molecule has 0 unspecified atom stereocenters. The van der Waals surface area contributed by atoms with E-state index in [0.717, 1.165) is 34.8 Å². The molecule has 4 rings (SSSR count). The van der Waals surface area contributed by atoms with Gasteiger partial charge in [0.15, 0.2) is 5.16 Å². The van der Waals surface area contributed by atoms with E-state index in [1.165, 1.54) is 37.6 Å². The Kier molecular flexibility index (Phi) is 3.41. The van der Waals surface area contributed by atoms with Crippen molar-refractivity contribution in [1.29, 1.82) is 0 Å². The zero-order valence-electron chi connectivity index (χ0n) is 11.4. The van der Waals surface area contributed by atoms with E-state index < -0.39 is 0 Å². The summed E-state index contributed by atoms with van der Waals surface area (Å²) in [7, 11) is 0. The van der Waals surface area contributed by atoms with E-state index in [0.29, 0.717) is 0 Å². The lowest BCUT2D eigenvalue weighted by Crippen LogP contribution is -2.36. The van der Waals surface area contributed by atoms with Gasteiger partial charge in [0.1, 0.15) is 0 Å². The van der Waals surface area contributed by atoms with Gasteiger partial charge in [0.2, 0.25) is 0 Å². The summed E-state index contributed by atoms with van der Waals surface area (Å²) in [6, 6.07) is 6.72. The Labute approximate surface area is 128 Å². The van der Waals surface area contributed by atoms with Crippen LogP contribution in [0.15, 0.2) is 23.4 Å². The molecule has 0 N–H and O–H groups in total. The summed E-state index contributed by atoms with van der Waals surface area (Å²) in [5.74, 6) is 0. The summed E-state index contributed by atoms with van der Waals surface area (Å²) in [5, 5.41) is 1.92. The third kappa shape index (κ3) is 2.24. The first kappa shape index (κ1) is 13.0. The lowest BCUT2D eigenvalue weighted by molar-refractivity contribution is 0.255. The molecule has 0 radical (unpaired) electrons. The van der Waals surface area contributed by atoms with Crippen LogP contribution in [0.2, 0.25) is 5.02 Å². The molecule has 0 amide bonds. The van der Waals surface area contributed by atoms with Crippen molar-refractivity contribution in [2.75, 3.05) is 6.54 Å². The normalized spacial score (nSPS) is 21.2. The molecule has 2 heterocycles. The van der Waals surface area contributed by atoms with Gasteiger partial charge in [0.05, 0.1) is 11.0 Å². The van der Waals surface area contributed by atoms with E-state index in [9.17, 15) is 0 Å². The van der Waals surface area contributed by atoms with Crippen LogP contribution in [-0.4, -0.2) is 26.4 Å². The molecule has 1 aromatic heterocycles. The van der Waals surface area contributed by atoms with Gasteiger partial charge in [-0.25, -0.2) is 9.29 Å². The highest BCUT2D eigenvalue weighted by molar-refractivity contribution is 7.96. The van der Waals surface area contributed by atoms with Crippen LogP contribution in [0.25, 0.3) is 11.0 Å². The monoisotopic (exact) mass is 307 g/mol. The molecule has 2 aliphatic rings. The van der Waals surface area contributed by atoms with Crippen LogP contribution in [0.4, 0.5) is 0 Å². The number of benzene rings is 1. The molecule has 20 heavy (non-hydrogen) atoms. The first-order valence-corrected chi connectivity index (χ1v) is 8.57. The molecule has 1 aliphatic carbocycles. The van der Waals surface area contributed by atoms with Crippen molar-refractivity contribution in [3.63, 3.8) is 0 Å². The van der Waals surface area contributed by atoms with Crippen LogP contribution < -0.4 is 0 Å². The van der Waals surface area contributed by atoms with E-state index in [1.54, 1.807) is 0 Å². The Bertz CT molecular complexity index is 633. The SMILES string of the molecule is Clc1ccc2nc3n(c2c1)CCN(C1CCCCC1)S3. The fourth-order valence-corrected chi connectivity index (χ4v) is 4.67. The molecular formula is C15H18ClN3S. The number of imidazole rings is 1. The smallest absolute Gasteiger partial charge is 0.184 e. The van der Waals surface area contributed by atoms with E-state index >= 15 is 0 Å². The van der Waals surface area contributed by atoms with Crippen molar-refractivity contribution >= 4 is 34.6 Å². The molecule has 1 fully saturated rings. The number of aromatic nitrogens is 2. The largest absolute Gasteiger partial charge is 0.317 e. The molecule has 0 atom stereocenters. The van der Waals surface area contributed by atoms with Crippen molar-refractivity contribution < 1.29 is 0 Å². The topological polar surface area (TPSA) is 21.1 Å². The zero-order valence-corrected chi connectivity index (χ0v) is 13.0. The van der Waals surface area contributed by atoms with Gasteiger partial charge in [-0.2, -0.15) is 0 Å². The van der Waals surface area contributed by atoms with Crippen LogP contribution >= 0.6 is 23.5 Å². The number of halogens is 1. The van der Waals surface area contributed by atoms with Crippen molar-refractivity contribution in [3.8, 4) is 0 Å². The average molecular weight is 308 g/mol. The number of hydrogen-bond acceptors (Lipinski definition) is 3. The van der Waals surface area contributed by atoms with Crippen molar-refractivity contribution in [3.05, 3.63) is 23.2 Å². The minimum absolute atomic E-state index is 0.742. The highest BCUT2D eigenvalue weighted by Gasteiger charge is 2.27. The zero-order chi connectivity index (χ0) is 13.5. The third-order valence-electron chi connectivity index (χ3n) is 4.40. The standard InChI is InChI=1S/C15H18ClN3S/c16-11-6-7-13-14(10-11)18-8-9-19(20-15(18)17-13)12-4-2-1-3-5-12/h6-7,10,12H,1-5,8-9H2. The fraction of sp³-hybridized carbons (Fsp3) is 0.533. The Morgan fingerprint density at radius 3 is 2.85 bits per heavy atom. The first-order valence-electron chi connectivity index (χ1n) is 7.42. The summed E-state index contributed by atoms with van der Waals surface area (Å²) < 4.78 is 4.87. The van der Waals surface area contributed by atoms with Crippen LogP contribution in [0.3, 0.4) is 0 Å². The van der Waals surface area contributed by atoms with E-state index in [4.69, 9.17) is 16.6 Å². The molecule has 2 aromatic rings. The minimum Gasteiger partial charge on any atom is -0.317 e. The highest BCUT2D eigenvalue weighted by atomic mass is 35.5. The molecule has 5 heteroatoms. The summed E-state index contributed by atoms with van der Waals surface area (Å²) in [6.07, 6.45) is 6.87. The molecule has 1 aromatic carbocycles. The van der Waals surface area contributed by atoms with Gasteiger partial charge >= 0.3 is 0 Å². The number of fused-ring (bicyclic) bond motifs is 3. The summed E-state index contributed by atoms with van der Waals surface area (Å²) >= 11 is 7.95. The summed E-state index contributed by atoms with van der Waals surface area (Å²) in [5.41, 5.74) is 2.23. The number of nitrogens with zero attached hydrogens (tertiary/aromatic N) is 3. The second-order valence-corrected chi connectivity index (χ2v) is 7.16. The van der Waals surface area contributed by atoms with Crippen LogP contribution in [0, 0.1) is 0 Å². The lowest BCUT2D eigenvalue weighted by atomic mass is 9.95. The molecule has 0 saturated heterocycles. The Balaban J connectivity index is 1.64. The van der Waals surface area contributed by atoms with Crippen molar-refractivity contribution in [2.24, 2.45) is 0 Å². The second kappa shape index (κ2) is 5.24. The number of rotatable bonds is 1. The van der Waals surface area contributed by atoms with Gasteiger partial charge in [0, 0.05) is 24.2 Å². The van der Waals surface area contributed by atoms with Crippen LogP contribution in [0.5, 0.6) is 0 Å². The van der Waals surface area contributed by atoms with Gasteiger partial charge in [-0.3, -0.25) is 0 Å². The Morgan fingerprint density at radius 2 is 2.00 bits per heavy atom. The van der Waals surface area contributed by atoms with Crippen LogP contribution in [-0.2, 0) is 6.54 Å². The molecule has 3 nitrogen and oxygen atoms in total. The van der Waals surface area contributed by atoms with Crippen molar-refractivity contribution in [1.82, 2.24) is 13.9 Å². The summed E-state index contributed by atoms with van der Waals surface area (Å²) in [4.78, 5) is 4.77. The maximum atomic E-state index is 6.11. The van der Waals surface area contributed by atoms with Crippen molar-refractivity contribution in [2.45, 2.75) is 49.8 Å². The molecular weight excluding hydrogens is 290 g/mol.